The zero-order valence-corrected chi connectivity index (χ0v) is 14.3. The van der Waals surface area contributed by atoms with Crippen molar-refractivity contribution in [1.82, 2.24) is 3.97 Å². The fraction of sp³-hybridized carbons (Fsp3) is 0.105. The molecule has 0 saturated heterocycles. The Labute approximate surface area is 146 Å². The minimum absolute atomic E-state index is 0.0131. The number of nitrogens with zero attached hydrogens (tertiary/aromatic N) is 1. The van der Waals surface area contributed by atoms with Gasteiger partial charge >= 0.3 is 0 Å². The van der Waals surface area contributed by atoms with Crippen molar-refractivity contribution in [1.29, 1.82) is 0 Å². The van der Waals surface area contributed by atoms with Crippen LogP contribution in [0.3, 0.4) is 0 Å². The number of carbonyl (C=O) groups is 1. The summed E-state index contributed by atoms with van der Waals surface area (Å²) in [7, 11) is -3.72. The highest BCUT2D eigenvalue weighted by molar-refractivity contribution is 7.90. The summed E-state index contributed by atoms with van der Waals surface area (Å²) < 4.78 is 32.6. The van der Waals surface area contributed by atoms with Crippen LogP contribution in [0.5, 0.6) is 5.75 Å². The van der Waals surface area contributed by atoms with E-state index in [2.05, 4.69) is 13.2 Å². The SMILES string of the molecule is C=C.O=C1COc2cccc3c2c(cn3S(=O)(=O)c2ccccc2)C1. The number of carbonyl (C=O) groups excluding carboxylic acids is 1. The fourth-order valence-electron chi connectivity index (χ4n) is 2.88. The van der Waals surface area contributed by atoms with Crippen LogP contribution in [0.4, 0.5) is 0 Å². The highest BCUT2D eigenvalue weighted by atomic mass is 32.2. The van der Waals surface area contributed by atoms with E-state index in [0.29, 0.717) is 22.2 Å². The van der Waals surface area contributed by atoms with Crippen LogP contribution in [0.25, 0.3) is 10.9 Å². The molecule has 0 unspecified atom stereocenters. The third-order valence-corrected chi connectivity index (χ3v) is 5.60. The topological polar surface area (TPSA) is 65.4 Å². The lowest BCUT2D eigenvalue weighted by Crippen LogP contribution is -2.13. The highest BCUT2D eigenvalue weighted by Crippen LogP contribution is 2.34. The van der Waals surface area contributed by atoms with Gasteiger partial charge in [-0.05, 0) is 29.8 Å². The average Bonchev–Trinajstić information content (AvgIpc) is 2.93. The van der Waals surface area contributed by atoms with Gasteiger partial charge in [0.15, 0.2) is 5.78 Å². The van der Waals surface area contributed by atoms with Gasteiger partial charge in [0, 0.05) is 18.0 Å². The highest BCUT2D eigenvalue weighted by Gasteiger charge is 2.25. The van der Waals surface area contributed by atoms with Crippen LogP contribution in [0, 0.1) is 0 Å². The smallest absolute Gasteiger partial charge is 0.268 e. The number of rotatable bonds is 2. The lowest BCUT2D eigenvalue weighted by Gasteiger charge is -2.09. The van der Waals surface area contributed by atoms with Gasteiger partial charge in [0.25, 0.3) is 10.0 Å². The predicted molar refractivity (Wildman–Crippen MR) is 96.4 cm³/mol. The quantitative estimate of drug-likeness (QED) is 0.662. The van der Waals surface area contributed by atoms with Crippen molar-refractivity contribution < 1.29 is 17.9 Å². The lowest BCUT2D eigenvalue weighted by atomic mass is 10.1. The number of ketones is 1. The van der Waals surface area contributed by atoms with Crippen molar-refractivity contribution in [2.24, 2.45) is 0 Å². The summed E-state index contributed by atoms with van der Waals surface area (Å²) in [5.41, 5.74) is 1.20. The molecule has 1 aliphatic rings. The van der Waals surface area contributed by atoms with E-state index in [-0.39, 0.29) is 23.7 Å². The van der Waals surface area contributed by atoms with Crippen molar-refractivity contribution in [3.63, 3.8) is 0 Å². The molecule has 3 aromatic rings. The summed E-state index contributed by atoms with van der Waals surface area (Å²) >= 11 is 0. The summed E-state index contributed by atoms with van der Waals surface area (Å²) in [5.74, 6) is 0.475. The first-order chi connectivity index (χ1) is 12.1. The Kier molecular flexibility index (Phi) is 4.46. The average molecular weight is 355 g/mol. The molecule has 25 heavy (non-hydrogen) atoms. The second-order valence-electron chi connectivity index (χ2n) is 5.42. The van der Waals surface area contributed by atoms with Gasteiger partial charge < -0.3 is 4.74 Å². The van der Waals surface area contributed by atoms with Gasteiger partial charge in [0.05, 0.1) is 10.4 Å². The molecule has 0 amide bonds. The molecule has 0 bridgehead atoms. The van der Waals surface area contributed by atoms with Crippen molar-refractivity contribution in [3.8, 4) is 5.75 Å². The molecule has 0 aliphatic carbocycles. The van der Waals surface area contributed by atoms with E-state index in [1.807, 2.05) is 0 Å². The van der Waals surface area contributed by atoms with E-state index in [1.165, 1.54) is 10.2 Å². The molecular formula is C19H17NO4S. The Bertz CT molecular complexity index is 1040. The summed E-state index contributed by atoms with van der Waals surface area (Å²) in [4.78, 5) is 12.0. The van der Waals surface area contributed by atoms with Crippen molar-refractivity contribution in [3.05, 3.63) is 73.4 Å². The molecule has 128 valence electrons. The molecule has 0 atom stereocenters. The van der Waals surface area contributed by atoms with E-state index in [4.69, 9.17) is 4.74 Å². The molecule has 1 aliphatic heterocycles. The summed E-state index contributed by atoms with van der Waals surface area (Å²) in [6.45, 7) is 6.01. The molecular weight excluding hydrogens is 338 g/mol. The first-order valence-electron chi connectivity index (χ1n) is 7.65. The molecule has 2 aromatic carbocycles. The van der Waals surface area contributed by atoms with Gasteiger partial charge in [-0.15, -0.1) is 13.2 Å². The number of benzene rings is 2. The standard InChI is InChI=1S/C17H13NO4S.C2H4/c19-13-9-12-10-18(23(20,21)14-5-2-1-3-6-14)15-7-4-8-16(17(12)15)22-11-13;1-2/h1-8,10H,9,11H2;1-2H2. The molecule has 5 nitrogen and oxygen atoms in total. The molecule has 0 spiro atoms. The van der Waals surface area contributed by atoms with Gasteiger partial charge in [0.1, 0.15) is 12.4 Å². The van der Waals surface area contributed by atoms with E-state index in [0.717, 1.165) is 0 Å². The molecule has 0 saturated carbocycles. The maximum absolute atomic E-state index is 12.9. The molecule has 0 radical (unpaired) electrons. The molecule has 6 heteroatoms. The molecule has 0 fully saturated rings. The molecule has 0 N–H and O–H groups in total. The van der Waals surface area contributed by atoms with Gasteiger partial charge in [-0.25, -0.2) is 12.4 Å². The second kappa shape index (κ2) is 6.57. The Morgan fingerprint density at radius 2 is 1.72 bits per heavy atom. The Hall–Kier alpha value is -2.86. The number of ether oxygens (including phenoxy) is 1. The normalized spacial score (nSPS) is 13.5. The van der Waals surface area contributed by atoms with E-state index in [9.17, 15) is 13.2 Å². The Morgan fingerprint density at radius 1 is 1.00 bits per heavy atom. The maximum atomic E-state index is 12.9. The number of Topliss-reactive ketones (excluding diaryl/α,β-unsaturated/α-hetero) is 1. The number of aromatic nitrogens is 1. The Morgan fingerprint density at radius 3 is 2.44 bits per heavy atom. The first kappa shape index (κ1) is 17.0. The van der Waals surface area contributed by atoms with E-state index in [1.54, 1.807) is 48.5 Å². The molecule has 1 aromatic heterocycles. The first-order valence-corrected chi connectivity index (χ1v) is 9.09. The molecule has 4 rings (SSSR count). The zero-order chi connectivity index (χ0) is 18.0. The summed E-state index contributed by atoms with van der Waals surface area (Å²) in [6, 6.07) is 13.4. The third kappa shape index (κ3) is 2.85. The van der Waals surface area contributed by atoms with Gasteiger partial charge in [-0.3, -0.25) is 4.79 Å². The third-order valence-electron chi connectivity index (χ3n) is 3.91. The van der Waals surface area contributed by atoms with E-state index >= 15 is 0 Å². The number of hydrogen-bond acceptors (Lipinski definition) is 4. The predicted octanol–water partition coefficient (Wildman–Crippen LogP) is 3.18. The molecule has 2 heterocycles. The van der Waals surface area contributed by atoms with Gasteiger partial charge in [-0.2, -0.15) is 0 Å². The van der Waals surface area contributed by atoms with Crippen LogP contribution >= 0.6 is 0 Å². The van der Waals surface area contributed by atoms with Crippen LogP contribution in [0.15, 0.2) is 72.8 Å². The zero-order valence-electron chi connectivity index (χ0n) is 13.5. The maximum Gasteiger partial charge on any atom is 0.268 e. The summed E-state index contributed by atoms with van der Waals surface area (Å²) in [5, 5.41) is 0.692. The van der Waals surface area contributed by atoms with Crippen LogP contribution in [0.1, 0.15) is 5.56 Å². The van der Waals surface area contributed by atoms with Crippen LogP contribution in [-0.2, 0) is 21.2 Å². The fourth-order valence-corrected chi connectivity index (χ4v) is 4.29. The minimum atomic E-state index is -3.72. The second-order valence-corrected chi connectivity index (χ2v) is 7.24. The lowest BCUT2D eigenvalue weighted by molar-refractivity contribution is -0.120. The van der Waals surface area contributed by atoms with Crippen molar-refractivity contribution in [2.75, 3.05) is 6.61 Å². The van der Waals surface area contributed by atoms with Crippen LogP contribution in [0.2, 0.25) is 0 Å². The summed E-state index contributed by atoms with van der Waals surface area (Å²) in [6.07, 6.45) is 1.70. The van der Waals surface area contributed by atoms with Gasteiger partial charge in [-0.1, -0.05) is 24.3 Å². The Balaban J connectivity index is 0.000000880. The number of hydrogen-bond donors (Lipinski definition) is 0. The monoisotopic (exact) mass is 355 g/mol. The largest absolute Gasteiger partial charge is 0.485 e. The van der Waals surface area contributed by atoms with E-state index < -0.39 is 10.0 Å². The minimum Gasteiger partial charge on any atom is -0.485 e. The van der Waals surface area contributed by atoms with Crippen LogP contribution in [-0.4, -0.2) is 24.8 Å². The van der Waals surface area contributed by atoms with Gasteiger partial charge in [0.2, 0.25) is 0 Å². The van der Waals surface area contributed by atoms with Crippen molar-refractivity contribution >= 4 is 26.7 Å². The van der Waals surface area contributed by atoms with Crippen molar-refractivity contribution in [2.45, 2.75) is 11.3 Å². The van der Waals surface area contributed by atoms with Crippen LogP contribution < -0.4 is 4.74 Å².